The minimum Gasteiger partial charge on any atom is -0.503 e. The number of nitrogens with zero attached hydrogens (tertiary/aromatic N) is 2. The molecule has 4 rings (SSSR count). The predicted molar refractivity (Wildman–Crippen MR) is 112 cm³/mol. The van der Waals surface area contributed by atoms with Gasteiger partial charge in [0.2, 0.25) is 5.43 Å². The lowest BCUT2D eigenvalue weighted by atomic mass is 9.73. The van der Waals surface area contributed by atoms with Gasteiger partial charge in [-0.1, -0.05) is 20.8 Å². The first-order valence-electron chi connectivity index (χ1n) is 10.7. The summed E-state index contributed by atoms with van der Waals surface area (Å²) in [5, 5.41) is 12.7. The molecule has 33 heavy (non-hydrogen) atoms. The van der Waals surface area contributed by atoms with Gasteiger partial charge in [-0.25, -0.2) is 13.2 Å². The number of nitrogens with one attached hydrogen (secondary N) is 1. The first-order chi connectivity index (χ1) is 15.5. The molecule has 3 heterocycles. The number of halogens is 3. The summed E-state index contributed by atoms with van der Waals surface area (Å²) in [6.45, 7) is 6.67. The molecule has 7 nitrogen and oxygen atoms in total. The number of hydrogen-bond acceptors (Lipinski definition) is 4. The summed E-state index contributed by atoms with van der Waals surface area (Å²) in [4.78, 5) is 39.7. The highest BCUT2D eigenvalue weighted by Crippen LogP contribution is 2.40. The molecule has 1 saturated heterocycles. The lowest BCUT2D eigenvalue weighted by Gasteiger charge is -2.54. The van der Waals surface area contributed by atoms with Gasteiger partial charge in [0.05, 0.1) is 6.04 Å². The molecule has 3 atom stereocenters. The summed E-state index contributed by atoms with van der Waals surface area (Å²) < 4.78 is 41.7. The van der Waals surface area contributed by atoms with Crippen molar-refractivity contribution in [3.05, 3.63) is 62.8 Å². The second-order valence-corrected chi connectivity index (χ2v) is 9.05. The molecule has 2 aromatic rings. The zero-order chi connectivity index (χ0) is 24.2. The third-order valence-electron chi connectivity index (χ3n) is 6.91. The quantitative estimate of drug-likeness (QED) is 0.667. The second kappa shape index (κ2) is 8.24. The van der Waals surface area contributed by atoms with Crippen molar-refractivity contribution in [3.8, 4) is 5.75 Å². The van der Waals surface area contributed by atoms with Crippen LogP contribution in [0, 0.1) is 35.2 Å². The van der Waals surface area contributed by atoms with Gasteiger partial charge in [0.15, 0.2) is 23.1 Å². The van der Waals surface area contributed by atoms with E-state index < -0.39 is 52.6 Å². The Morgan fingerprint density at radius 1 is 1.12 bits per heavy atom. The van der Waals surface area contributed by atoms with Crippen LogP contribution in [0.3, 0.4) is 0 Å². The van der Waals surface area contributed by atoms with Crippen molar-refractivity contribution in [2.75, 3.05) is 6.54 Å². The molecule has 0 radical (unpaired) electrons. The largest absolute Gasteiger partial charge is 0.503 e. The summed E-state index contributed by atoms with van der Waals surface area (Å²) >= 11 is 0. The number of rotatable bonds is 5. The van der Waals surface area contributed by atoms with Crippen molar-refractivity contribution in [3.63, 3.8) is 0 Å². The van der Waals surface area contributed by atoms with Crippen molar-refractivity contribution in [2.45, 2.75) is 39.9 Å². The van der Waals surface area contributed by atoms with E-state index in [0.717, 1.165) is 0 Å². The molecule has 1 aromatic heterocycles. The number of benzene rings is 1. The number of aromatic hydroxyl groups is 1. The molecule has 0 saturated carbocycles. The highest BCUT2D eigenvalue weighted by atomic mass is 19.2. The SMILES string of the molecule is CC(C)C(C)C1CN2C(=O)c3c(O)c(=O)c(C(=O)NCc4cc(F)c(F)cc4F)cn3CC12. The molecule has 0 aliphatic carbocycles. The second-order valence-electron chi connectivity index (χ2n) is 9.05. The standard InChI is InChI=1S/C23H24F3N3O4/c1-10(2)11(3)13-8-29-18(13)9-28-7-14(20(30)21(31)19(28)23(29)33)22(32)27-6-12-4-16(25)17(26)5-15(12)24/h4-5,7,10-11,13,18,31H,6,8-9H2,1-3H3,(H,27,32). The van der Waals surface area contributed by atoms with Crippen LogP contribution in [0.25, 0.3) is 0 Å². The topological polar surface area (TPSA) is 91.6 Å². The van der Waals surface area contributed by atoms with Gasteiger partial charge in [0.25, 0.3) is 11.8 Å². The molecule has 1 fully saturated rings. The maximum absolute atomic E-state index is 13.8. The zero-order valence-corrected chi connectivity index (χ0v) is 18.4. The van der Waals surface area contributed by atoms with Crippen LogP contribution in [0.15, 0.2) is 23.1 Å². The van der Waals surface area contributed by atoms with Gasteiger partial charge < -0.3 is 19.9 Å². The summed E-state index contributed by atoms with van der Waals surface area (Å²) in [7, 11) is 0. The summed E-state index contributed by atoms with van der Waals surface area (Å²) in [5.41, 5.74) is -1.96. The van der Waals surface area contributed by atoms with Crippen LogP contribution in [0.1, 0.15) is 47.2 Å². The molecule has 3 unspecified atom stereocenters. The molecule has 0 bridgehead atoms. The van der Waals surface area contributed by atoms with E-state index in [4.69, 9.17) is 0 Å². The molecular weight excluding hydrogens is 439 g/mol. The van der Waals surface area contributed by atoms with Gasteiger partial charge in [0.1, 0.15) is 11.4 Å². The average Bonchev–Trinajstić information content (AvgIpc) is 2.73. The first kappa shape index (κ1) is 22.9. The Balaban J connectivity index is 1.60. The fraction of sp³-hybridized carbons (Fsp3) is 0.435. The third-order valence-corrected chi connectivity index (χ3v) is 6.91. The Hall–Kier alpha value is -3.30. The molecule has 2 amide bonds. The van der Waals surface area contributed by atoms with Gasteiger partial charge in [-0.3, -0.25) is 14.4 Å². The normalized spacial score (nSPS) is 20.2. The van der Waals surface area contributed by atoms with E-state index in [1.165, 1.54) is 10.8 Å². The van der Waals surface area contributed by atoms with E-state index in [9.17, 15) is 32.7 Å². The Bertz CT molecular complexity index is 1210. The van der Waals surface area contributed by atoms with Crippen molar-refractivity contribution in [2.24, 2.45) is 17.8 Å². The Morgan fingerprint density at radius 3 is 2.45 bits per heavy atom. The van der Waals surface area contributed by atoms with Crippen LogP contribution in [0.5, 0.6) is 5.75 Å². The van der Waals surface area contributed by atoms with Crippen molar-refractivity contribution < 1.29 is 27.9 Å². The lowest BCUT2D eigenvalue weighted by Crippen LogP contribution is -2.65. The number of fused-ring (bicyclic) bond motifs is 2. The van der Waals surface area contributed by atoms with Gasteiger partial charge in [-0.05, 0) is 17.9 Å². The highest BCUT2D eigenvalue weighted by Gasteiger charge is 2.49. The number of carbonyl (C=O) groups excluding carboxylic acids is 2. The molecule has 2 aliphatic heterocycles. The Kier molecular flexibility index (Phi) is 5.71. The van der Waals surface area contributed by atoms with Gasteiger partial charge >= 0.3 is 0 Å². The number of hydrogen-bond donors (Lipinski definition) is 2. The maximum atomic E-state index is 13.8. The summed E-state index contributed by atoms with van der Waals surface area (Å²) in [6, 6.07) is 0.861. The van der Waals surface area contributed by atoms with Crippen molar-refractivity contribution in [1.29, 1.82) is 0 Å². The van der Waals surface area contributed by atoms with Crippen LogP contribution in [-0.4, -0.2) is 39.0 Å². The zero-order valence-electron chi connectivity index (χ0n) is 18.4. The molecule has 0 spiro atoms. The number of carbonyl (C=O) groups is 2. The van der Waals surface area contributed by atoms with Crippen molar-refractivity contribution >= 4 is 11.8 Å². The van der Waals surface area contributed by atoms with Crippen LogP contribution < -0.4 is 10.7 Å². The number of aromatic nitrogens is 1. The van der Waals surface area contributed by atoms with Gasteiger partial charge in [-0.15, -0.1) is 0 Å². The molecular formula is C23H24F3N3O4. The first-order valence-corrected chi connectivity index (χ1v) is 10.7. The Labute approximate surface area is 187 Å². The fourth-order valence-corrected chi connectivity index (χ4v) is 4.54. The summed E-state index contributed by atoms with van der Waals surface area (Å²) in [5.74, 6) is -4.92. The van der Waals surface area contributed by atoms with E-state index in [1.54, 1.807) is 4.90 Å². The molecule has 2 aliphatic rings. The minimum atomic E-state index is -1.36. The maximum Gasteiger partial charge on any atom is 0.274 e. The highest BCUT2D eigenvalue weighted by molar-refractivity contribution is 5.99. The van der Waals surface area contributed by atoms with E-state index in [-0.39, 0.29) is 23.2 Å². The average molecular weight is 463 g/mol. The fourth-order valence-electron chi connectivity index (χ4n) is 4.54. The summed E-state index contributed by atoms with van der Waals surface area (Å²) in [6.07, 6.45) is 1.21. The van der Waals surface area contributed by atoms with Crippen LogP contribution in [-0.2, 0) is 13.1 Å². The van der Waals surface area contributed by atoms with Crippen LogP contribution >= 0.6 is 0 Å². The lowest BCUT2D eigenvalue weighted by molar-refractivity contribution is -0.0302. The van der Waals surface area contributed by atoms with E-state index in [2.05, 4.69) is 26.1 Å². The van der Waals surface area contributed by atoms with E-state index >= 15 is 0 Å². The van der Waals surface area contributed by atoms with Gasteiger partial charge in [-0.2, -0.15) is 0 Å². The number of amides is 2. The van der Waals surface area contributed by atoms with E-state index in [1.807, 2.05) is 0 Å². The van der Waals surface area contributed by atoms with E-state index in [0.29, 0.717) is 37.1 Å². The van der Waals surface area contributed by atoms with Gasteiger partial charge in [0, 0.05) is 43.4 Å². The molecule has 2 N–H and O–H groups in total. The monoisotopic (exact) mass is 463 g/mol. The molecule has 10 heteroatoms. The molecule has 1 aromatic carbocycles. The van der Waals surface area contributed by atoms with Crippen LogP contribution in [0.4, 0.5) is 13.2 Å². The number of pyridine rings is 1. The Morgan fingerprint density at radius 2 is 1.79 bits per heavy atom. The van der Waals surface area contributed by atoms with Crippen LogP contribution in [0.2, 0.25) is 0 Å². The smallest absolute Gasteiger partial charge is 0.274 e. The minimum absolute atomic E-state index is 0.114. The molecule has 176 valence electrons. The van der Waals surface area contributed by atoms with Crippen molar-refractivity contribution in [1.82, 2.24) is 14.8 Å². The third kappa shape index (κ3) is 3.77. The predicted octanol–water partition coefficient (Wildman–Crippen LogP) is 2.65.